The molecule has 4 N–H and O–H groups in total. The van der Waals surface area contributed by atoms with Gasteiger partial charge < -0.3 is 34.6 Å². The Morgan fingerprint density at radius 2 is 1.58 bits per heavy atom. The van der Waals surface area contributed by atoms with E-state index in [4.69, 9.17) is 25.8 Å². The summed E-state index contributed by atoms with van der Waals surface area (Å²) in [7, 11) is 0. The lowest BCUT2D eigenvalue weighted by atomic mass is 9.89. The maximum absolute atomic E-state index is 10.6. The largest absolute Gasteiger partial charge is 0.486 e. The van der Waals surface area contributed by atoms with Gasteiger partial charge in [0.1, 0.15) is 43.7 Å². The minimum atomic E-state index is -1.49. The van der Waals surface area contributed by atoms with Crippen LogP contribution >= 0.6 is 11.6 Å². The summed E-state index contributed by atoms with van der Waals surface area (Å²) in [4.78, 5) is 0. The molecule has 2 aliphatic heterocycles. The zero-order valence-electron chi connectivity index (χ0n) is 17.2. The van der Waals surface area contributed by atoms with Crippen LogP contribution in [0.2, 0.25) is 5.02 Å². The zero-order chi connectivity index (χ0) is 22.1. The molecule has 0 aliphatic carbocycles. The minimum absolute atomic E-state index is 0.297. The van der Waals surface area contributed by atoms with Gasteiger partial charge in [0.15, 0.2) is 11.5 Å². The van der Waals surface area contributed by atoms with E-state index in [-0.39, 0.29) is 0 Å². The summed E-state index contributed by atoms with van der Waals surface area (Å²) in [6.45, 7) is 2.21. The first kappa shape index (κ1) is 22.3. The number of ether oxygens (including phenoxy) is 3. The van der Waals surface area contributed by atoms with Gasteiger partial charge in [0.25, 0.3) is 0 Å². The summed E-state index contributed by atoms with van der Waals surface area (Å²) >= 11 is 6.65. The molecule has 0 amide bonds. The number of aryl methyl sites for hydroxylation is 1. The molecule has 31 heavy (non-hydrogen) atoms. The van der Waals surface area contributed by atoms with Crippen LogP contribution in [0.15, 0.2) is 30.3 Å². The summed E-state index contributed by atoms with van der Waals surface area (Å²) in [5.74, 6) is 0.702. The number of aliphatic hydroxyl groups excluding tert-OH is 4. The maximum atomic E-state index is 10.6. The fourth-order valence-electron chi connectivity index (χ4n) is 4.07. The third-order valence-corrected chi connectivity index (χ3v) is 6.29. The van der Waals surface area contributed by atoms with Gasteiger partial charge in [0.05, 0.1) is 11.6 Å². The molecule has 2 aromatic carbocycles. The molecular formula is C23H27ClO7. The number of benzene rings is 2. The van der Waals surface area contributed by atoms with Crippen LogP contribution in [0.5, 0.6) is 11.5 Å². The van der Waals surface area contributed by atoms with Gasteiger partial charge in [-0.25, -0.2) is 0 Å². The van der Waals surface area contributed by atoms with Crippen LogP contribution in [0, 0.1) is 0 Å². The second-order valence-corrected chi connectivity index (χ2v) is 8.27. The first-order valence-corrected chi connectivity index (χ1v) is 10.8. The first-order valence-electron chi connectivity index (χ1n) is 10.4. The standard InChI is InChI=1S/C23H27ClO7/c1-2-12-3-5-13(6-4-12)9-14-10-15(22-23(17(14)24)30-8-7-29-22)21-20(28)19(27)18(26)16(11-25)31-21/h3-6,10,16,18-21,25-28H,2,7-9,11H2,1H3/t16-,18-,19+,20-,21+/m1/s1. The van der Waals surface area contributed by atoms with Crippen molar-refractivity contribution in [1.29, 1.82) is 0 Å². The van der Waals surface area contributed by atoms with Crippen molar-refractivity contribution in [2.45, 2.75) is 50.3 Å². The highest BCUT2D eigenvalue weighted by Gasteiger charge is 2.45. The Morgan fingerprint density at radius 3 is 2.23 bits per heavy atom. The Balaban J connectivity index is 1.75. The van der Waals surface area contributed by atoms with Gasteiger partial charge in [0.2, 0.25) is 0 Å². The van der Waals surface area contributed by atoms with E-state index < -0.39 is 37.1 Å². The number of halogens is 1. The van der Waals surface area contributed by atoms with Crippen LogP contribution in [-0.2, 0) is 17.6 Å². The fraction of sp³-hybridized carbons (Fsp3) is 0.478. The van der Waals surface area contributed by atoms with E-state index in [2.05, 4.69) is 19.1 Å². The molecule has 0 aromatic heterocycles. The molecule has 2 aliphatic rings. The molecule has 0 saturated carbocycles. The molecule has 0 radical (unpaired) electrons. The van der Waals surface area contributed by atoms with Crippen molar-refractivity contribution in [2.24, 2.45) is 0 Å². The topological polar surface area (TPSA) is 109 Å². The van der Waals surface area contributed by atoms with Crippen molar-refractivity contribution >= 4 is 11.6 Å². The Kier molecular flexibility index (Phi) is 6.71. The number of rotatable bonds is 5. The maximum Gasteiger partial charge on any atom is 0.180 e. The summed E-state index contributed by atoms with van der Waals surface area (Å²) < 4.78 is 17.3. The van der Waals surface area contributed by atoms with Gasteiger partial charge in [0, 0.05) is 5.56 Å². The average molecular weight is 451 g/mol. The van der Waals surface area contributed by atoms with Crippen molar-refractivity contribution in [2.75, 3.05) is 19.8 Å². The minimum Gasteiger partial charge on any atom is -0.486 e. The highest BCUT2D eigenvalue weighted by Crippen LogP contribution is 2.48. The molecule has 4 rings (SSSR count). The van der Waals surface area contributed by atoms with Crippen LogP contribution < -0.4 is 9.47 Å². The predicted molar refractivity (Wildman–Crippen MR) is 114 cm³/mol. The highest BCUT2D eigenvalue weighted by atomic mass is 35.5. The third kappa shape index (κ3) is 4.26. The molecule has 0 unspecified atom stereocenters. The quantitative estimate of drug-likeness (QED) is 0.549. The molecule has 168 valence electrons. The van der Waals surface area contributed by atoms with Crippen molar-refractivity contribution in [1.82, 2.24) is 0 Å². The van der Waals surface area contributed by atoms with E-state index >= 15 is 0 Å². The van der Waals surface area contributed by atoms with Crippen LogP contribution in [0.3, 0.4) is 0 Å². The molecule has 5 atom stereocenters. The summed E-state index contributed by atoms with van der Waals surface area (Å²) in [6, 6.07) is 9.99. The summed E-state index contributed by atoms with van der Waals surface area (Å²) in [5.41, 5.74) is 3.49. The first-order chi connectivity index (χ1) is 14.9. The van der Waals surface area contributed by atoms with Gasteiger partial charge in [-0.3, -0.25) is 0 Å². The van der Waals surface area contributed by atoms with E-state index in [0.29, 0.717) is 41.7 Å². The molecule has 8 heteroatoms. The number of hydrogen-bond acceptors (Lipinski definition) is 7. The Morgan fingerprint density at radius 1 is 0.935 bits per heavy atom. The number of fused-ring (bicyclic) bond motifs is 1. The fourth-order valence-corrected chi connectivity index (χ4v) is 4.33. The Labute approximate surface area is 185 Å². The van der Waals surface area contributed by atoms with Gasteiger partial charge in [-0.2, -0.15) is 0 Å². The molecule has 1 fully saturated rings. The lowest BCUT2D eigenvalue weighted by molar-refractivity contribution is -0.232. The molecule has 2 heterocycles. The van der Waals surface area contributed by atoms with E-state index in [9.17, 15) is 20.4 Å². The van der Waals surface area contributed by atoms with E-state index in [1.807, 2.05) is 12.1 Å². The Bertz CT molecular complexity index is 915. The highest BCUT2D eigenvalue weighted by molar-refractivity contribution is 6.33. The van der Waals surface area contributed by atoms with Crippen LogP contribution in [-0.4, -0.2) is 64.7 Å². The van der Waals surface area contributed by atoms with E-state index in [1.54, 1.807) is 6.07 Å². The molecule has 7 nitrogen and oxygen atoms in total. The van der Waals surface area contributed by atoms with Gasteiger partial charge in [-0.1, -0.05) is 42.8 Å². The average Bonchev–Trinajstić information content (AvgIpc) is 2.80. The summed E-state index contributed by atoms with van der Waals surface area (Å²) in [6.07, 6.45) is -4.94. The lowest BCUT2D eigenvalue weighted by Gasteiger charge is -2.41. The monoisotopic (exact) mass is 450 g/mol. The lowest BCUT2D eigenvalue weighted by Crippen LogP contribution is -2.55. The van der Waals surface area contributed by atoms with Gasteiger partial charge in [-0.05, 0) is 35.6 Å². The van der Waals surface area contributed by atoms with Crippen LogP contribution in [0.25, 0.3) is 0 Å². The van der Waals surface area contributed by atoms with Crippen molar-refractivity contribution in [3.8, 4) is 11.5 Å². The SMILES string of the molecule is CCc1ccc(Cc2cc([C@@H]3O[C@H](CO)[C@@H](O)[C@H](O)[C@H]3O)c3c(c2Cl)OCCO3)cc1. The second-order valence-electron chi connectivity index (χ2n) is 7.89. The van der Waals surface area contributed by atoms with E-state index in [1.165, 1.54) is 5.56 Å². The van der Waals surface area contributed by atoms with Crippen molar-refractivity contribution in [3.05, 3.63) is 57.6 Å². The van der Waals surface area contributed by atoms with Crippen LogP contribution in [0.1, 0.15) is 35.3 Å². The molecule has 2 aromatic rings. The second kappa shape index (κ2) is 9.32. The third-order valence-electron chi connectivity index (χ3n) is 5.88. The molecule has 0 spiro atoms. The molecule has 0 bridgehead atoms. The van der Waals surface area contributed by atoms with Crippen LogP contribution in [0.4, 0.5) is 0 Å². The number of hydrogen-bond donors (Lipinski definition) is 4. The zero-order valence-corrected chi connectivity index (χ0v) is 18.0. The van der Waals surface area contributed by atoms with Crippen molar-refractivity contribution in [3.63, 3.8) is 0 Å². The molecule has 1 saturated heterocycles. The summed E-state index contributed by atoms with van der Waals surface area (Å²) in [5, 5.41) is 41.0. The smallest absolute Gasteiger partial charge is 0.180 e. The Hall–Kier alpha value is -1.87. The molecular weight excluding hydrogens is 424 g/mol. The van der Waals surface area contributed by atoms with Gasteiger partial charge in [-0.15, -0.1) is 0 Å². The van der Waals surface area contributed by atoms with Crippen molar-refractivity contribution < 1.29 is 34.6 Å². The predicted octanol–water partition coefficient (Wildman–Crippen LogP) is 1.78. The number of aliphatic hydroxyl groups is 4. The normalized spacial score (nSPS) is 27.9. The van der Waals surface area contributed by atoms with Gasteiger partial charge >= 0.3 is 0 Å². The van der Waals surface area contributed by atoms with E-state index in [0.717, 1.165) is 17.5 Å².